The van der Waals surface area contributed by atoms with E-state index in [2.05, 4.69) is 0 Å². The molecule has 0 spiro atoms. The van der Waals surface area contributed by atoms with Crippen molar-refractivity contribution in [3.05, 3.63) is 71.5 Å². The van der Waals surface area contributed by atoms with Gasteiger partial charge in [0.2, 0.25) is 0 Å². The second-order valence-corrected chi connectivity index (χ2v) is 3.94. The number of rotatable bonds is 3. The Labute approximate surface area is 105 Å². The van der Waals surface area contributed by atoms with E-state index >= 15 is 0 Å². The van der Waals surface area contributed by atoms with Crippen LogP contribution in [0.4, 0.5) is 4.39 Å². The van der Waals surface area contributed by atoms with Gasteiger partial charge in [0, 0.05) is 0 Å². The van der Waals surface area contributed by atoms with Crippen LogP contribution >= 0.6 is 0 Å². The van der Waals surface area contributed by atoms with Gasteiger partial charge in [0.15, 0.2) is 0 Å². The number of ether oxygens (including phenoxy) is 1. The third kappa shape index (κ3) is 2.74. The lowest BCUT2D eigenvalue weighted by molar-refractivity contribution is 0.0332. The Kier molecular flexibility index (Phi) is 3.72. The van der Waals surface area contributed by atoms with E-state index < -0.39 is 17.9 Å². The average molecular weight is 244 g/mol. The highest BCUT2D eigenvalue weighted by Gasteiger charge is 2.16. The van der Waals surface area contributed by atoms with Crippen molar-refractivity contribution in [1.82, 2.24) is 0 Å². The van der Waals surface area contributed by atoms with Crippen molar-refractivity contribution < 1.29 is 13.9 Å². The Morgan fingerprint density at radius 2 is 1.67 bits per heavy atom. The van der Waals surface area contributed by atoms with E-state index in [0.717, 1.165) is 5.56 Å². The summed E-state index contributed by atoms with van der Waals surface area (Å²) in [4.78, 5) is 11.8. The summed E-state index contributed by atoms with van der Waals surface area (Å²) in [5.41, 5.74) is 0.836. The number of hydrogen-bond donors (Lipinski definition) is 0. The van der Waals surface area contributed by atoms with Crippen LogP contribution in [-0.2, 0) is 4.74 Å². The monoisotopic (exact) mass is 244 g/mol. The summed E-state index contributed by atoms with van der Waals surface area (Å²) in [5, 5.41) is 0. The van der Waals surface area contributed by atoms with Crippen LogP contribution in [-0.4, -0.2) is 5.97 Å². The first kappa shape index (κ1) is 12.3. The first-order valence-corrected chi connectivity index (χ1v) is 5.69. The van der Waals surface area contributed by atoms with E-state index in [1.807, 2.05) is 30.3 Å². The van der Waals surface area contributed by atoms with E-state index in [1.54, 1.807) is 13.0 Å². The molecule has 92 valence electrons. The van der Waals surface area contributed by atoms with Crippen LogP contribution in [0.25, 0.3) is 0 Å². The van der Waals surface area contributed by atoms with Crippen LogP contribution in [0.15, 0.2) is 54.6 Å². The van der Waals surface area contributed by atoms with Crippen LogP contribution < -0.4 is 0 Å². The molecule has 0 heterocycles. The fourth-order valence-electron chi connectivity index (χ4n) is 1.64. The maximum Gasteiger partial charge on any atom is 0.341 e. The molecule has 0 unspecified atom stereocenters. The maximum absolute atomic E-state index is 13.4. The Morgan fingerprint density at radius 3 is 2.33 bits per heavy atom. The first-order chi connectivity index (χ1) is 8.68. The molecule has 0 amide bonds. The second-order valence-electron chi connectivity index (χ2n) is 3.94. The molecule has 0 aromatic heterocycles. The van der Waals surface area contributed by atoms with Crippen molar-refractivity contribution in [1.29, 1.82) is 0 Å². The normalized spacial score (nSPS) is 11.9. The average Bonchev–Trinajstić information content (AvgIpc) is 2.40. The molecular weight excluding hydrogens is 231 g/mol. The van der Waals surface area contributed by atoms with Crippen molar-refractivity contribution in [2.24, 2.45) is 0 Å². The molecule has 0 bridgehead atoms. The highest BCUT2D eigenvalue weighted by atomic mass is 19.1. The van der Waals surface area contributed by atoms with Gasteiger partial charge in [0.25, 0.3) is 0 Å². The SMILES string of the molecule is C[C@@H](OC(=O)c1ccccc1F)c1ccccc1. The molecule has 0 saturated carbocycles. The molecule has 3 heteroatoms. The zero-order chi connectivity index (χ0) is 13.0. The number of esters is 1. The molecule has 0 aliphatic carbocycles. The highest BCUT2D eigenvalue weighted by Crippen LogP contribution is 2.19. The van der Waals surface area contributed by atoms with Crippen molar-refractivity contribution in [3.63, 3.8) is 0 Å². The third-order valence-corrected chi connectivity index (χ3v) is 2.65. The lowest BCUT2D eigenvalue weighted by Crippen LogP contribution is -2.10. The first-order valence-electron chi connectivity index (χ1n) is 5.69. The van der Waals surface area contributed by atoms with E-state index in [4.69, 9.17) is 4.74 Å². The predicted molar refractivity (Wildman–Crippen MR) is 66.7 cm³/mol. The minimum absolute atomic E-state index is 0.0414. The predicted octanol–water partition coefficient (Wildman–Crippen LogP) is 3.74. The standard InChI is InChI=1S/C15H13FO2/c1-11(12-7-3-2-4-8-12)18-15(17)13-9-5-6-10-14(13)16/h2-11H,1H3/t11-/m1/s1. The fraction of sp³-hybridized carbons (Fsp3) is 0.133. The van der Waals surface area contributed by atoms with Crippen LogP contribution in [0.2, 0.25) is 0 Å². The van der Waals surface area contributed by atoms with Gasteiger partial charge >= 0.3 is 5.97 Å². The van der Waals surface area contributed by atoms with Gasteiger partial charge in [-0.2, -0.15) is 0 Å². The van der Waals surface area contributed by atoms with Crippen LogP contribution in [0.1, 0.15) is 28.9 Å². The molecule has 0 aliphatic heterocycles. The van der Waals surface area contributed by atoms with Crippen molar-refractivity contribution in [3.8, 4) is 0 Å². The number of halogens is 1. The second kappa shape index (κ2) is 5.45. The lowest BCUT2D eigenvalue weighted by atomic mass is 10.1. The van der Waals surface area contributed by atoms with E-state index in [0.29, 0.717) is 0 Å². The van der Waals surface area contributed by atoms with Crippen LogP contribution in [0.3, 0.4) is 0 Å². The quantitative estimate of drug-likeness (QED) is 0.769. The summed E-state index contributed by atoms with van der Waals surface area (Å²) in [6.45, 7) is 1.76. The molecule has 0 saturated heterocycles. The van der Waals surface area contributed by atoms with E-state index in [-0.39, 0.29) is 5.56 Å². The van der Waals surface area contributed by atoms with E-state index in [9.17, 15) is 9.18 Å². The van der Waals surface area contributed by atoms with Gasteiger partial charge in [0.1, 0.15) is 11.9 Å². The molecule has 2 rings (SSSR count). The molecule has 0 N–H and O–H groups in total. The van der Waals surface area contributed by atoms with Crippen molar-refractivity contribution >= 4 is 5.97 Å². The number of hydrogen-bond acceptors (Lipinski definition) is 2. The Hall–Kier alpha value is -2.16. The molecule has 18 heavy (non-hydrogen) atoms. The van der Waals surface area contributed by atoms with Gasteiger partial charge in [-0.3, -0.25) is 0 Å². The topological polar surface area (TPSA) is 26.3 Å². The van der Waals surface area contributed by atoms with Gasteiger partial charge in [0.05, 0.1) is 5.56 Å². The fourth-order valence-corrected chi connectivity index (χ4v) is 1.64. The highest BCUT2D eigenvalue weighted by molar-refractivity contribution is 5.89. The summed E-state index contributed by atoms with van der Waals surface area (Å²) >= 11 is 0. The number of benzene rings is 2. The summed E-state index contributed by atoms with van der Waals surface area (Å²) in [7, 11) is 0. The summed E-state index contributed by atoms with van der Waals surface area (Å²) in [5.74, 6) is -1.22. The minimum Gasteiger partial charge on any atom is -0.454 e. The molecule has 2 aromatic rings. The van der Waals surface area contributed by atoms with E-state index in [1.165, 1.54) is 18.2 Å². The minimum atomic E-state index is -0.649. The maximum atomic E-state index is 13.4. The van der Waals surface area contributed by atoms with Crippen LogP contribution in [0.5, 0.6) is 0 Å². The Morgan fingerprint density at radius 1 is 1.06 bits per heavy atom. The Bertz CT molecular complexity index is 537. The summed E-state index contributed by atoms with van der Waals surface area (Å²) in [6.07, 6.45) is -0.404. The van der Waals surface area contributed by atoms with Gasteiger partial charge in [-0.15, -0.1) is 0 Å². The van der Waals surface area contributed by atoms with Crippen LogP contribution in [0, 0.1) is 5.82 Å². The largest absolute Gasteiger partial charge is 0.454 e. The summed E-state index contributed by atoms with van der Waals surface area (Å²) in [6, 6.07) is 15.1. The van der Waals surface area contributed by atoms with Gasteiger partial charge in [-0.1, -0.05) is 42.5 Å². The van der Waals surface area contributed by atoms with Crippen molar-refractivity contribution in [2.45, 2.75) is 13.0 Å². The molecule has 0 radical (unpaired) electrons. The molecular formula is C15H13FO2. The smallest absolute Gasteiger partial charge is 0.341 e. The molecule has 2 aromatic carbocycles. The zero-order valence-electron chi connectivity index (χ0n) is 9.97. The van der Waals surface area contributed by atoms with Gasteiger partial charge in [-0.05, 0) is 24.6 Å². The number of carbonyl (C=O) groups is 1. The molecule has 1 atom stereocenters. The number of carbonyl (C=O) groups excluding carboxylic acids is 1. The van der Waals surface area contributed by atoms with Crippen molar-refractivity contribution in [2.75, 3.05) is 0 Å². The molecule has 2 nitrogen and oxygen atoms in total. The van der Waals surface area contributed by atoms with Gasteiger partial charge in [-0.25, -0.2) is 9.18 Å². The third-order valence-electron chi connectivity index (χ3n) is 2.65. The lowest BCUT2D eigenvalue weighted by Gasteiger charge is -2.13. The Balaban J connectivity index is 2.11. The molecule has 0 fully saturated rings. The zero-order valence-corrected chi connectivity index (χ0v) is 9.97. The summed E-state index contributed by atoms with van der Waals surface area (Å²) < 4.78 is 18.6. The molecule has 0 aliphatic rings. The van der Waals surface area contributed by atoms with Gasteiger partial charge < -0.3 is 4.74 Å².